The highest BCUT2D eigenvalue weighted by Crippen LogP contribution is 2.30. The van der Waals surface area contributed by atoms with Gasteiger partial charge in [-0.3, -0.25) is 19.2 Å². The number of ether oxygens (including phenoxy) is 1. The number of halogens is 9. The fourth-order valence-corrected chi connectivity index (χ4v) is 4.80. The van der Waals surface area contributed by atoms with Gasteiger partial charge in [-0.1, -0.05) is 74.0 Å². The van der Waals surface area contributed by atoms with E-state index in [2.05, 4.69) is 10.6 Å². The molecule has 11 nitrogen and oxygen atoms in total. The van der Waals surface area contributed by atoms with Crippen LogP contribution in [0, 0.1) is 5.92 Å². The number of benzene rings is 3. The highest BCUT2D eigenvalue weighted by atomic mass is 35.5. The molecule has 0 aliphatic rings. The summed E-state index contributed by atoms with van der Waals surface area (Å²) in [4.78, 5) is 61.3. The monoisotopic (exact) mass is 810 g/mol. The molecule has 3 aromatic rings. The van der Waals surface area contributed by atoms with Gasteiger partial charge in [0.1, 0.15) is 17.8 Å². The molecule has 6 N–H and O–H groups in total. The van der Waals surface area contributed by atoms with Crippen molar-refractivity contribution in [3.05, 3.63) is 100 Å². The van der Waals surface area contributed by atoms with Gasteiger partial charge in [0.2, 0.25) is 11.8 Å². The Hall–Kier alpha value is -5.30. The fourth-order valence-electron chi connectivity index (χ4n) is 4.61. The van der Waals surface area contributed by atoms with Crippen LogP contribution in [0.15, 0.2) is 72.8 Å². The average molecular weight is 811 g/mol. The molecule has 0 unspecified atom stereocenters. The molecule has 55 heavy (non-hydrogen) atoms. The lowest BCUT2D eigenvalue weighted by atomic mass is 9.97. The third kappa shape index (κ3) is 13.5. The van der Waals surface area contributed by atoms with Crippen LogP contribution >= 0.6 is 11.6 Å². The number of hydrogen-bond acceptors (Lipinski definition) is 7. The van der Waals surface area contributed by atoms with E-state index in [9.17, 15) is 45.5 Å². The van der Waals surface area contributed by atoms with E-state index < -0.39 is 77.4 Å². The fraction of sp³-hybridized carbons (Fsp3) is 0.343. The molecule has 3 aromatic carbocycles. The Morgan fingerprint density at radius 1 is 0.782 bits per heavy atom. The average Bonchev–Trinajstić information content (AvgIpc) is 3.11. The molecular weight excluding hydrogens is 776 g/mol. The summed E-state index contributed by atoms with van der Waals surface area (Å²) >= 11 is 5.84. The van der Waals surface area contributed by atoms with Crippen molar-refractivity contribution >= 4 is 41.1 Å². The summed E-state index contributed by atoms with van der Waals surface area (Å²) in [6, 6.07) is 10.8. The summed E-state index contributed by atoms with van der Waals surface area (Å²) in [6.45, 7) is 2.77. The molecule has 0 aliphatic heterocycles. The molecule has 0 saturated heterocycles. The van der Waals surface area contributed by atoms with Crippen LogP contribution in [0.1, 0.15) is 42.1 Å². The Morgan fingerprint density at radius 2 is 1.33 bits per heavy atom. The van der Waals surface area contributed by atoms with Gasteiger partial charge in [0.15, 0.2) is 0 Å². The maximum atomic E-state index is 15.3. The quantitative estimate of drug-likeness (QED) is 0.135. The lowest BCUT2D eigenvalue weighted by molar-refractivity contribution is -0.192. The largest absolute Gasteiger partial charge is 0.497 e. The number of alkyl halides is 8. The van der Waals surface area contributed by atoms with E-state index >= 15 is 8.78 Å². The van der Waals surface area contributed by atoms with E-state index in [-0.39, 0.29) is 23.6 Å². The molecule has 3 atom stereocenters. The van der Waals surface area contributed by atoms with Crippen LogP contribution in [0.4, 0.5) is 35.1 Å². The number of nitrogens with one attached hydrogen (secondary N) is 3. The van der Waals surface area contributed by atoms with Crippen molar-refractivity contribution in [2.24, 2.45) is 11.7 Å². The van der Waals surface area contributed by atoms with E-state index in [1.165, 1.54) is 57.4 Å². The number of carbonyl (C=O) groups is 5. The number of amides is 3. The van der Waals surface area contributed by atoms with Gasteiger partial charge in [-0.05, 0) is 46.9 Å². The molecule has 300 valence electrons. The van der Waals surface area contributed by atoms with E-state index in [1.807, 2.05) is 5.32 Å². The second kappa shape index (κ2) is 19.3. The number of rotatable bonds is 14. The van der Waals surface area contributed by atoms with Crippen LogP contribution in [0.25, 0.3) is 0 Å². The first kappa shape index (κ1) is 45.9. The zero-order valence-corrected chi connectivity index (χ0v) is 29.8. The predicted octanol–water partition coefficient (Wildman–Crippen LogP) is 5.39. The second-order valence-electron chi connectivity index (χ2n) is 11.9. The summed E-state index contributed by atoms with van der Waals surface area (Å²) in [5.74, 6) is -14.0. The first-order chi connectivity index (χ1) is 25.4. The molecular formula is C35H35ClF8N4O7. The minimum absolute atomic E-state index is 0.0465. The number of nitrogens with two attached hydrogens (primary N) is 1. The van der Waals surface area contributed by atoms with Crippen molar-refractivity contribution in [2.45, 2.75) is 63.2 Å². The van der Waals surface area contributed by atoms with E-state index in [0.29, 0.717) is 11.3 Å². The lowest BCUT2D eigenvalue weighted by Gasteiger charge is -2.28. The van der Waals surface area contributed by atoms with Gasteiger partial charge in [0.25, 0.3) is 11.7 Å². The van der Waals surface area contributed by atoms with Crippen molar-refractivity contribution in [3.63, 3.8) is 0 Å². The van der Waals surface area contributed by atoms with Crippen LogP contribution in [0.5, 0.6) is 5.75 Å². The molecule has 0 radical (unpaired) electrons. The summed E-state index contributed by atoms with van der Waals surface area (Å²) < 4.78 is 107. The Bertz CT molecular complexity index is 1810. The van der Waals surface area contributed by atoms with Crippen molar-refractivity contribution in [2.75, 3.05) is 7.11 Å². The maximum Gasteiger partial charge on any atom is 0.490 e. The molecule has 3 rings (SSSR count). The molecule has 0 fully saturated rings. The SMILES string of the molecule is COc1ccc([C@H](NC(=O)[C@H](Cc2ccc(CN)cc2)NC(=O)C(F)(F)c2cccc(Cl)c2)C(=O)N[C@H](C(=O)C(F)(F)F)C(C)C)cc1.O=C(O)C(F)(F)F. The van der Waals surface area contributed by atoms with Crippen LogP contribution < -0.4 is 26.4 Å². The molecule has 0 saturated carbocycles. The van der Waals surface area contributed by atoms with Gasteiger partial charge in [-0.2, -0.15) is 35.1 Å². The Kier molecular flexibility index (Phi) is 16.1. The topological polar surface area (TPSA) is 177 Å². The molecule has 20 heteroatoms. The number of methoxy groups -OCH3 is 1. The van der Waals surface area contributed by atoms with Gasteiger partial charge in [-0.25, -0.2) is 4.79 Å². The highest BCUT2D eigenvalue weighted by molar-refractivity contribution is 6.30. The van der Waals surface area contributed by atoms with Crippen molar-refractivity contribution in [1.29, 1.82) is 0 Å². The summed E-state index contributed by atoms with van der Waals surface area (Å²) in [5, 5.41) is 13.5. The van der Waals surface area contributed by atoms with Crippen LogP contribution in [-0.4, -0.2) is 66.1 Å². The summed E-state index contributed by atoms with van der Waals surface area (Å²) in [6.07, 6.45) is -10.7. The second-order valence-corrected chi connectivity index (χ2v) is 12.4. The minimum Gasteiger partial charge on any atom is -0.497 e. The molecule has 0 heterocycles. The molecule has 0 aromatic heterocycles. The summed E-state index contributed by atoms with van der Waals surface area (Å²) in [7, 11) is 1.36. The minimum atomic E-state index is -5.27. The number of ketones is 1. The van der Waals surface area contributed by atoms with Crippen molar-refractivity contribution < 1.29 is 68.9 Å². The van der Waals surface area contributed by atoms with Crippen molar-refractivity contribution in [3.8, 4) is 5.75 Å². The Labute approximate surface area is 313 Å². The van der Waals surface area contributed by atoms with Crippen LogP contribution in [0.3, 0.4) is 0 Å². The Morgan fingerprint density at radius 3 is 1.78 bits per heavy atom. The highest BCUT2D eigenvalue weighted by Gasteiger charge is 2.46. The van der Waals surface area contributed by atoms with Gasteiger partial charge >= 0.3 is 24.2 Å². The molecule has 3 amide bonds. The normalized spacial score (nSPS) is 13.3. The number of Topliss-reactive ketones (excluding diaryl/α,β-unsaturated/α-hetero) is 1. The zero-order chi connectivity index (χ0) is 41.9. The standard InChI is InChI=1S/C33H34ClF5N4O5.C2HF3O2/c1-18(2)26(28(44)33(37,38)39)42-30(46)27(21-11-13-24(48-3)14-12-21)43-29(45)25(15-19-7-9-20(17-40)10-8-19)41-31(47)32(35,36)22-5-4-6-23(34)16-22;3-2(4,5)1(6)7/h4-14,16,18,25-27H,15,17,40H2,1-3H3,(H,41,47)(H,42,46)(H,43,45);(H,6,7)/t25-,26-,27-;/m0./s1. The predicted molar refractivity (Wildman–Crippen MR) is 181 cm³/mol. The lowest BCUT2D eigenvalue weighted by Crippen LogP contribution is -2.56. The number of aliphatic carboxylic acids is 1. The van der Waals surface area contributed by atoms with Gasteiger partial charge < -0.3 is 31.5 Å². The zero-order valence-electron chi connectivity index (χ0n) is 29.0. The van der Waals surface area contributed by atoms with E-state index in [4.69, 9.17) is 32.0 Å². The van der Waals surface area contributed by atoms with Gasteiger partial charge in [0.05, 0.1) is 13.2 Å². The summed E-state index contributed by atoms with van der Waals surface area (Å²) in [5.41, 5.74) is 6.08. The molecule has 0 bridgehead atoms. The Balaban J connectivity index is 0.00000136. The van der Waals surface area contributed by atoms with Gasteiger partial charge in [-0.15, -0.1) is 0 Å². The van der Waals surface area contributed by atoms with E-state index in [0.717, 1.165) is 17.7 Å². The van der Waals surface area contributed by atoms with Gasteiger partial charge in [0, 0.05) is 23.6 Å². The van der Waals surface area contributed by atoms with E-state index in [1.54, 1.807) is 24.3 Å². The van der Waals surface area contributed by atoms with Crippen LogP contribution in [0.2, 0.25) is 5.02 Å². The third-order valence-corrected chi connectivity index (χ3v) is 7.79. The van der Waals surface area contributed by atoms with Crippen molar-refractivity contribution in [1.82, 2.24) is 16.0 Å². The number of hydrogen-bond donors (Lipinski definition) is 5. The van der Waals surface area contributed by atoms with Crippen LogP contribution in [-0.2, 0) is 42.9 Å². The number of carboxylic acids is 1. The third-order valence-electron chi connectivity index (χ3n) is 7.56. The maximum absolute atomic E-state index is 15.3. The first-order valence-electron chi connectivity index (χ1n) is 15.8. The number of carboxylic acid groups (broad SMARTS) is 1. The first-order valence-corrected chi connectivity index (χ1v) is 16.2. The smallest absolute Gasteiger partial charge is 0.490 e. The molecule has 0 spiro atoms. The molecule has 0 aliphatic carbocycles. The number of carbonyl (C=O) groups excluding carboxylic acids is 4.